The summed E-state index contributed by atoms with van der Waals surface area (Å²) in [6.07, 6.45) is 1.63. The van der Waals surface area contributed by atoms with Crippen LogP contribution in [0.25, 0.3) is 6.08 Å². The number of carbonyl (C=O) groups is 1. The Morgan fingerprint density at radius 3 is 2.46 bits per heavy atom. The molecule has 0 saturated heterocycles. The third-order valence-corrected chi connectivity index (χ3v) is 4.07. The normalized spacial score (nSPS) is 15.0. The van der Waals surface area contributed by atoms with Gasteiger partial charge < -0.3 is 9.64 Å². The van der Waals surface area contributed by atoms with Gasteiger partial charge in [-0.15, -0.1) is 0 Å². The molecule has 0 fully saturated rings. The van der Waals surface area contributed by atoms with Crippen molar-refractivity contribution < 1.29 is 14.5 Å². The Labute approximate surface area is 150 Å². The van der Waals surface area contributed by atoms with E-state index in [1.165, 1.54) is 6.07 Å². The van der Waals surface area contributed by atoms with Crippen molar-refractivity contribution in [1.29, 1.82) is 0 Å². The highest BCUT2D eigenvalue weighted by Crippen LogP contribution is 2.26. The molecule has 1 aliphatic heterocycles. The number of esters is 1. The molecule has 0 amide bonds. The summed E-state index contributed by atoms with van der Waals surface area (Å²) in [5.74, 6) is -0.505. The van der Waals surface area contributed by atoms with E-state index in [1.54, 1.807) is 25.1 Å². The van der Waals surface area contributed by atoms with Crippen LogP contribution in [0.1, 0.15) is 16.7 Å². The number of nitro benzene ring substituents is 1. The summed E-state index contributed by atoms with van der Waals surface area (Å²) in [5.41, 5.74) is 2.79. The van der Waals surface area contributed by atoms with E-state index in [2.05, 4.69) is 4.99 Å². The van der Waals surface area contributed by atoms with Gasteiger partial charge in [-0.1, -0.05) is 18.2 Å². The number of carbonyl (C=O) groups excluding carboxylic acids is 1. The first-order valence-corrected chi connectivity index (χ1v) is 7.91. The number of cyclic esters (lactones) is 1. The van der Waals surface area contributed by atoms with Crippen LogP contribution in [0.5, 0.6) is 0 Å². The Morgan fingerprint density at radius 1 is 1.15 bits per heavy atom. The summed E-state index contributed by atoms with van der Waals surface area (Å²) in [4.78, 5) is 28.9. The highest BCUT2D eigenvalue weighted by atomic mass is 16.6. The van der Waals surface area contributed by atoms with Gasteiger partial charge >= 0.3 is 5.97 Å². The van der Waals surface area contributed by atoms with Crippen molar-refractivity contribution in [1.82, 2.24) is 0 Å². The highest BCUT2D eigenvalue weighted by Gasteiger charge is 2.27. The zero-order valence-corrected chi connectivity index (χ0v) is 14.6. The van der Waals surface area contributed by atoms with E-state index in [0.717, 1.165) is 11.3 Å². The second-order valence-electron chi connectivity index (χ2n) is 6.03. The molecule has 2 aromatic carbocycles. The number of anilines is 1. The van der Waals surface area contributed by atoms with Gasteiger partial charge in [0.1, 0.15) is 0 Å². The predicted octanol–water partition coefficient (Wildman–Crippen LogP) is 3.31. The van der Waals surface area contributed by atoms with E-state index < -0.39 is 10.9 Å². The monoisotopic (exact) mass is 351 g/mol. The maximum atomic E-state index is 12.1. The van der Waals surface area contributed by atoms with Gasteiger partial charge in [-0.2, -0.15) is 0 Å². The fourth-order valence-corrected chi connectivity index (χ4v) is 2.60. The number of rotatable bonds is 4. The number of nitrogens with zero attached hydrogens (tertiary/aromatic N) is 3. The van der Waals surface area contributed by atoms with E-state index >= 15 is 0 Å². The second-order valence-corrected chi connectivity index (χ2v) is 6.03. The van der Waals surface area contributed by atoms with Gasteiger partial charge in [0, 0.05) is 37.0 Å². The van der Waals surface area contributed by atoms with Crippen molar-refractivity contribution in [3.8, 4) is 0 Å². The van der Waals surface area contributed by atoms with Crippen LogP contribution in [0.2, 0.25) is 0 Å². The number of aliphatic imine (C=N–C) groups is 1. The molecule has 7 nitrogen and oxygen atoms in total. The van der Waals surface area contributed by atoms with Crippen LogP contribution in [0.4, 0.5) is 11.4 Å². The molecular weight excluding hydrogens is 334 g/mol. The minimum absolute atomic E-state index is 0.0436. The van der Waals surface area contributed by atoms with Crippen molar-refractivity contribution in [3.05, 3.63) is 75.0 Å². The maximum absolute atomic E-state index is 12.1. The van der Waals surface area contributed by atoms with Crippen molar-refractivity contribution in [2.75, 3.05) is 19.0 Å². The average molecular weight is 351 g/mol. The van der Waals surface area contributed by atoms with Crippen molar-refractivity contribution in [3.63, 3.8) is 0 Å². The molecular formula is C19H17N3O4. The minimum atomic E-state index is -0.581. The first kappa shape index (κ1) is 17.3. The Kier molecular flexibility index (Phi) is 4.53. The molecule has 3 rings (SSSR count). The van der Waals surface area contributed by atoms with Crippen LogP contribution in [0.15, 0.2) is 53.2 Å². The number of benzene rings is 2. The van der Waals surface area contributed by atoms with Crippen LogP contribution in [-0.4, -0.2) is 30.9 Å². The van der Waals surface area contributed by atoms with Crippen LogP contribution in [-0.2, 0) is 9.53 Å². The highest BCUT2D eigenvalue weighted by molar-refractivity contribution is 6.13. The minimum Gasteiger partial charge on any atom is -0.402 e. The van der Waals surface area contributed by atoms with E-state index in [4.69, 9.17) is 4.74 Å². The van der Waals surface area contributed by atoms with Crippen molar-refractivity contribution in [2.24, 2.45) is 4.99 Å². The second kappa shape index (κ2) is 6.79. The summed E-state index contributed by atoms with van der Waals surface area (Å²) < 4.78 is 5.22. The smallest absolute Gasteiger partial charge is 0.363 e. The zero-order chi connectivity index (χ0) is 18.8. The number of hydrogen-bond acceptors (Lipinski definition) is 6. The number of hydrogen-bond donors (Lipinski definition) is 0. The lowest BCUT2D eigenvalue weighted by atomic mass is 10.1. The van der Waals surface area contributed by atoms with Crippen LogP contribution in [0, 0.1) is 17.0 Å². The summed E-state index contributed by atoms with van der Waals surface area (Å²) >= 11 is 0. The summed E-state index contributed by atoms with van der Waals surface area (Å²) in [7, 11) is 3.89. The van der Waals surface area contributed by atoms with Crippen LogP contribution in [0.3, 0.4) is 0 Å². The molecule has 7 heteroatoms. The molecule has 1 aliphatic rings. The molecule has 0 aliphatic carbocycles. The van der Waals surface area contributed by atoms with Crippen molar-refractivity contribution >= 4 is 29.3 Å². The molecule has 2 aromatic rings. The predicted molar refractivity (Wildman–Crippen MR) is 99.2 cm³/mol. The molecule has 0 aromatic heterocycles. The number of nitro groups is 1. The van der Waals surface area contributed by atoms with E-state index in [-0.39, 0.29) is 17.3 Å². The number of ether oxygens (including phenoxy) is 1. The summed E-state index contributed by atoms with van der Waals surface area (Å²) in [5, 5.41) is 11.1. The van der Waals surface area contributed by atoms with Gasteiger partial charge in [0.25, 0.3) is 5.69 Å². The lowest BCUT2D eigenvalue weighted by molar-refractivity contribution is -0.385. The Hall–Kier alpha value is -3.48. The molecule has 0 bridgehead atoms. The molecule has 1 heterocycles. The van der Waals surface area contributed by atoms with Gasteiger partial charge in [-0.3, -0.25) is 10.1 Å². The first-order valence-electron chi connectivity index (χ1n) is 7.91. The third kappa shape index (κ3) is 3.32. The van der Waals surface area contributed by atoms with E-state index in [9.17, 15) is 14.9 Å². The quantitative estimate of drug-likeness (QED) is 0.365. The summed E-state index contributed by atoms with van der Waals surface area (Å²) in [6, 6.07) is 12.2. The topological polar surface area (TPSA) is 85.0 Å². The van der Waals surface area contributed by atoms with Gasteiger partial charge in [0.15, 0.2) is 5.70 Å². The molecule has 0 saturated carbocycles. The molecule has 0 spiro atoms. The van der Waals surface area contributed by atoms with Gasteiger partial charge in [-0.05, 0) is 36.8 Å². The largest absolute Gasteiger partial charge is 0.402 e. The van der Waals surface area contributed by atoms with Crippen LogP contribution >= 0.6 is 0 Å². The lowest BCUT2D eigenvalue weighted by Gasteiger charge is -2.11. The fourth-order valence-electron chi connectivity index (χ4n) is 2.60. The zero-order valence-electron chi connectivity index (χ0n) is 14.6. The fraction of sp³-hybridized carbons (Fsp3) is 0.158. The van der Waals surface area contributed by atoms with Gasteiger partial charge in [0.2, 0.25) is 5.90 Å². The van der Waals surface area contributed by atoms with E-state index in [1.807, 2.05) is 43.3 Å². The van der Waals surface area contributed by atoms with Crippen molar-refractivity contribution in [2.45, 2.75) is 6.92 Å². The lowest BCUT2D eigenvalue weighted by Crippen LogP contribution is -2.08. The van der Waals surface area contributed by atoms with Gasteiger partial charge in [-0.25, -0.2) is 9.79 Å². The third-order valence-electron chi connectivity index (χ3n) is 4.07. The first-order chi connectivity index (χ1) is 12.4. The van der Waals surface area contributed by atoms with Gasteiger partial charge in [0.05, 0.1) is 4.92 Å². The Morgan fingerprint density at radius 2 is 1.85 bits per heavy atom. The average Bonchev–Trinajstić information content (AvgIpc) is 2.95. The Bertz CT molecular complexity index is 944. The van der Waals surface area contributed by atoms with E-state index in [0.29, 0.717) is 11.1 Å². The molecule has 132 valence electrons. The summed E-state index contributed by atoms with van der Waals surface area (Å²) in [6.45, 7) is 1.60. The Balaban J connectivity index is 1.94. The van der Waals surface area contributed by atoms with Crippen LogP contribution < -0.4 is 4.90 Å². The molecule has 26 heavy (non-hydrogen) atoms. The molecule has 0 radical (unpaired) electrons. The maximum Gasteiger partial charge on any atom is 0.363 e. The molecule has 0 atom stereocenters. The molecule has 0 N–H and O–H groups in total. The standard InChI is InChI=1S/C19H17N3O4/c1-12-15(5-4-6-17(12)22(24)25)18-20-16(19(23)26-18)11-13-7-9-14(10-8-13)21(2)3/h4-11H,1-3H3/b16-11-. The molecule has 0 unspecified atom stereocenters. The SMILES string of the molecule is Cc1c(C2=N/C(=C\c3ccc(N(C)C)cc3)C(=O)O2)cccc1[N+](=O)[O-].